The SMILES string of the molecule is Cc1cc(C)cc(NC(=O)COC(=O)c2ccc(N3CCCC3)c([N+](=O)[O-])c2)c1. The molecule has 0 unspecified atom stereocenters. The number of ether oxygens (including phenoxy) is 1. The first-order valence-electron chi connectivity index (χ1n) is 9.42. The summed E-state index contributed by atoms with van der Waals surface area (Å²) in [6.07, 6.45) is 1.97. The van der Waals surface area contributed by atoms with Gasteiger partial charge in [0.05, 0.1) is 10.5 Å². The lowest BCUT2D eigenvalue weighted by Crippen LogP contribution is -2.21. The van der Waals surface area contributed by atoms with E-state index in [-0.39, 0.29) is 11.3 Å². The van der Waals surface area contributed by atoms with Crippen LogP contribution < -0.4 is 10.2 Å². The molecule has 3 rings (SSSR count). The summed E-state index contributed by atoms with van der Waals surface area (Å²) in [5.74, 6) is -1.26. The van der Waals surface area contributed by atoms with Crippen LogP contribution in [0, 0.1) is 24.0 Å². The Balaban J connectivity index is 1.64. The number of hydrogen-bond acceptors (Lipinski definition) is 6. The van der Waals surface area contributed by atoms with Crippen molar-refractivity contribution in [2.75, 3.05) is 29.9 Å². The van der Waals surface area contributed by atoms with Gasteiger partial charge in [0.2, 0.25) is 0 Å². The highest BCUT2D eigenvalue weighted by Gasteiger charge is 2.24. The van der Waals surface area contributed by atoms with Crippen molar-refractivity contribution in [2.45, 2.75) is 26.7 Å². The second kappa shape index (κ2) is 8.72. The van der Waals surface area contributed by atoms with E-state index in [1.54, 1.807) is 6.07 Å². The van der Waals surface area contributed by atoms with Gasteiger partial charge in [0.1, 0.15) is 5.69 Å². The molecule has 0 saturated carbocycles. The molecule has 8 nitrogen and oxygen atoms in total. The van der Waals surface area contributed by atoms with Crippen molar-refractivity contribution in [2.24, 2.45) is 0 Å². The average molecular weight is 397 g/mol. The van der Waals surface area contributed by atoms with Crippen molar-refractivity contribution >= 4 is 28.9 Å². The molecule has 2 aromatic rings. The molecule has 2 aromatic carbocycles. The molecule has 1 heterocycles. The standard InChI is InChI=1S/C21H23N3O5/c1-14-9-15(2)11-17(10-14)22-20(25)13-29-21(26)16-5-6-18(19(12-16)24(27)28)23-7-3-4-8-23/h5-6,9-12H,3-4,7-8,13H2,1-2H3,(H,22,25). The lowest BCUT2D eigenvalue weighted by atomic mass is 10.1. The Morgan fingerprint density at radius 1 is 1.10 bits per heavy atom. The van der Waals surface area contributed by atoms with Gasteiger partial charge in [-0.05, 0) is 62.1 Å². The van der Waals surface area contributed by atoms with E-state index in [9.17, 15) is 19.7 Å². The summed E-state index contributed by atoms with van der Waals surface area (Å²) in [6, 6.07) is 9.87. The molecule has 1 aliphatic rings. The predicted octanol–water partition coefficient (Wildman–Crippen LogP) is 3.61. The van der Waals surface area contributed by atoms with Crippen molar-refractivity contribution in [1.29, 1.82) is 0 Å². The van der Waals surface area contributed by atoms with Gasteiger partial charge in [-0.2, -0.15) is 0 Å². The number of amides is 1. The molecular formula is C21H23N3O5. The highest BCUT2D eigenvalue weighted by Crippen LogP contribution is 2.31. The van der Waals surface area contributed by atoms with E-state index >= 15 is 0 Å². The summed E-state index contributed by atoms with van der Waals surface area (Å²) in [7, 11) is 0. The number of hydrogen-bond donors (Lipinski definition) is 1. The Morgan fingerprint density at radius 3 is 2.38 bits per heavy atom. The van der Waals surface area contributed by atoms with Crippen molar-refractivity contribution in [1.82, 2.24) is 0 Å². The fourth-order valence-corrected chi connectivity index (χ4v) is 3.48. The Labute approximate surface area is 168 Å². The molecular weight excluding hydrogens is 374 g/mol. The van der Waals surface area contributed by atoms with E-state index in [0.29, 0.717) is 11.4 Å². The smallest absolute Gasteiger partial charge is 0.338 e. The number of benzene rings is 2. The van der Waals surface area contributed by atoms with Crippen LogP contribution in [0.25, 0.3) is 0 Å². The molecule has 1 saturated heterocycles. The summed E-state index contributed by atoms with van der Waals surface area (Å²) in [6.45, 7) is 4.86. The summed E-state index contributed by atoms with van der Waals surface area (Å²) in [5.41, 5.74) is 3.02. The first-order chi connectivity index (χ1) is 13.8. The largest absolute Gasteiger partial charge is 0.452 e. The van der Waals surface area contributed by atoms with Crippen molar-refractivity contribution in [3.63, 3.8) is 0 Å². The molecule has 0 aliphatic carbocycles. The summed E-state index contributed by atoms with van der Waals surface area (Å²) < 4.78 is 5.04. The number of nitro groups is 1. The highest BCUT2D eigenvalue weighted by atomic mass is 16.6. The van der Waals surface area contributed by atoms with Crippen LogP contribution in [0.1, 0.15) is 34.3 Å². The van der Waals surface area contributed by atoms with Gasteiger partial charge in [0, 0.05) is 24.8 Å². The minimum Gasteiger partial charge on any atom is -0.452 e. The van der Waals surface area contributed by atoms with E-state index in [2.05, 4.69) is 5.32 Å². The normalized spacial score (nSPS) is 13.2. The maximum atomic E-state index is 12.3. The van der Waals surface area contributed by atoms with Crippen molar-refractivity contribution in [3.8, 4) is 0 Å². The van der Waals surface area contributed by atoms with Crippen LogP contribution in [-0.2, 0) is 9.53 Å². The summed E-state index contributed by atoms with van der Waals surface area (Å²) in [5, 5.41) is 14.1. The highest BCUT2D eigenvalue weighted by molar-refractivity contribution is 5.96. The Kier molecular flexibility index (Phi) is 6.11. The molecule has 1 N–H and O–H groups in total. The minimum absolute atomic E-state index is 0.0406. The topological polar surface area (TPSA) is 102 Å². The van der Waals surface area contributed by atoms with Gasteiger partial charge in [-0.15, -0.1) is 0 Å². The van der Waals surface area contributed by atoms with Crippen LogP contribution in [0.3, 0.4) is 0 Å². The first kappa shape index (κ1) is 20.3. The van der Waals surface area contributed by atoms with Gasteiger partial charge < -0.3 is 15.0 Å². The van der Waals surface area contributed by atoms with Gasteiger partial charge in [0.15, 0.2) is 6.61 Å². The van der Waals surface area contributed by atoms with Gasteiger partial charge in [-0.3, -0.25) is 14.9 Å². The number of carbonyl (C=O) groups excluding carboxylic acids is 2. The maximum Gasteiger partial charge on any atom is 0.338 e. The first-order valence-corrected chi connectivity index (χ1v) is 9.42. The van der Waals surface area contributed by atoms with E-state index in [4.69, 9.17) is 4.74 Å². The number of nitrogens with one attached hydrogen (secondary N) is 1. The molecule has 0 spiro atoms. The van der Waals surface area contributed by atoms with Crippen LogP contribution in [0.4, 0.5) is 17.1 Å². The van der Waals surface area contributed by atoms with Crippen molar-refractivity contribution < 1.29 is 19.2 Å². The fourth-order valence-electron chi connectivity index (χ4n) is 3.48. The molecule has 152 valence electrons. The Bertz CT molecular complexity index is 931. The number of aryl methyl sites for hydroxylation is 2. The average Bonchev–Trinajstić information content (AvgIpc) is 3.19. The summed E-state index contributed by atoms with van der Waals surface area (Å²) >= 11 is 0. The number of esters is 1. The second-order valence-corrected chi connectivity index (χ2v) is 7.16. The molecule has 1 amide bonds. The third kappa shape index (κ3) is 5.10. The van der Waals surface area contributed by atoms with Crippen LogP contribution in [0.5, 0.6) is 0 Å². The van der Waals surface area contributed by atoms with Crippen LogP contribution in [-0.4, -0.2) is 36.5 Å². The number of nitro benzene ring substituents is 1. The quantitative estimate of drug-likeness (QED) is 0.454. The number of nitrogens with zero attached hydrogens (tertiary/aromatic N) is 2. The lowest BCUT2D eigenvalue weighted by molar-refractivity contribution is -0.384. The number of carbonyl (C=O) groups is 2. The van der Waals surface area contributed by atoms with Crippen LogP contribution in [0.15, 0.2) is 36.4 Å². The van der Waals surface area contributed by atoms with E-state index in [1.807, 2.05) is 36.9 Å². The van der Waals surface area contributed by atoms with Crippen LogP contribution in [0.2, 0.25) is 0 Å². The molecule has 1 aliphatic heterocycles. The van der Waals surface area contributed by atoms with Crippen molar-refractivity contribution in [3.05, 3.63) is 63.2 Å². The molecule has 0 bridgehead atoms. The number of anilines is 2. The minimum atomic E-state index is -0.781. The van der Waals surface area contributed by atoms with E-state index in [1.165, 1.54) is 12.1 Å². The fraction of sp³-hybridized carbons (Fsp3) is 0.333. The zero-order valence-corrected chi connectivity index (χ0v) is 16.4. The molecule has 8 heteroatoms. The monoisotopic (exact) mass is 397 g/mol. The molecule has 0 radical (unpaired) electrons. The Morgan fingerprint density at radius 2 is 1.76 bits per heavy atom. The molecule has 1 fully saturated rings. The van der Waals surface area contributed by atoms with Gasteiger partial charge in [-0.25, -0.2) is 4.79 Å². The molecule has 0 atom stereocenters. The van der Waals surface area contributed by atoms with Gasteiger partial charge in [-0.1, -0.05) is 6.07 Å². The predicted molar refractivity (Wildman–Crippen MR) is 109 cm³/mol. The third-order valence-electron chi connectivity index (χ3n) is 4.69. The molecule has 29 heavy (non-hydrogen) atoms. The van der Waals surface area contributed by atoms with Gasteiger partial charge >= 0.3 is 5.97 Å². The van der Waals surface area contributed by atoms with Crippen LogP contribution >= 0.6 is 0 Å². The summed E-state index contributed by atoms with van der Waals surface area (Å²) in [4.78, 5) is 37.2. The van der Waals surface area contributed by atoms with E-state index in [0.717, 1.165) is 37.1 Å². The lowest BCUT2D eigenvalue weighted by Gasteiger charge is -2.17. The number of rotatable bonds is 6. The zero-order valence-electron chi connectivity index (χ0n) is 16.4. The zero-order chi connectivity index (χ0) is 21.0. The third-order valence-corrected chi connectivity index (χ3v) is 4.69. The second-order valence-electron chi connectivity index (χ2n) is 7.16. The maximum absolute atomic E-state index is 12.3. The van der Waals surface area contributed by atoms with Gasteiger partial charge in [0.25, 0.3) is 11.6 Å². The van der Waals surface area contributed by atoms with E-state index < -0.39 is 23.4 Å². The molecule has 0 aromatic heterocycles. The Hall–Kier alpha value is -3.42.